The highest BCUT2D eigenvalue weighted by Gasteiger charge is 2.03. The lowest BCUT2D eigenvalue weighted by molar-refractivity contribution is -0.145. The van der Waals surface area contributed by atoms with Gasteiger partial charge in [0.15, 0.2) is 6.61 Å². The van der Waals surface area contributed by atoms with Crippen LogP contribution in [0.2, 0.25) is 0 Å². The molecule has 4 nitrogen and oxygen atoms in total. The first kappa shape index (κ1) is 15.5. The average molecular weight is 265 g/mol. The van der Waals surface area contributed by atoms with Crippen LogP contribution >= 0.6 is 0 Å². The summed E-state index contributed by atoms with van der Waals surface area (Å²) in [5.41, 5.74) is 1.27. The molecule has 0 fully saturated rings. The Morgan fingerprint density at radius 1 is 1.32 bits per heavy atom. The van der Waals surface area contributed by atoms with E-state index in [0.717, 1.165) is 12.8 Å². The highest BCUT2D eigenvalue weighted by atomic mass is 16.6. The van der Waals surface area contributed by atoms with Crippen LogP contribution in [0.1, 0.15) is 25.8 Å². The van der Waals surface area contributed by atoms with Gasteiger partial charge in [0.2, 0.25) is 0 Å². The molecule has 0 spiro atoms. The van der Waals surface area contributed by atoms with Gasteiger partial charge in [-0.2, -0.15) is 0 Å². The molecular formula is C15H23NO3. The Morgan fingerprint density at radius 2 is 2.00 bits per heavy atom. The molecular weight excluding hydrogens is 242 g/mol. The van der Waals surface area contributed by atoms with E-state index in [1.54, 1.807) is 6.92 Å². The number of ether oxygens (including phenoxy) is 2. The molecule has 1 unspecified atom stereocenters. The van der Waals surface area contributed by atoms with Crippen molar-refractivity contribution in [2.45, 2.75) is 32.7 Å². The summed E-state index contributed by atoms with van der Waals surface area (Å²) in [7, 11) is 1.97. The van der Waals surface area contributed by atoms with Crippen molar-refractivity contribution in [3.8, 4) is 5.75 Å². The summed E-state index contributed by atoms with van der Waals surface area (Å²) in [6.07, 6.45) is 2.12. The van der Waals surface area contributed by atoms with E-state index in [4.69, 9.17) is 9.47 Å². The number of benzene rings is 1. The normalized spacial score (nSPS) is 11.9. The molecule has 0 aliphatic rings. The number of aryl methyl sites for hydroxylation is 1. The van der Waals surface area contributed by atoms with Gasteiger partial charge in [-0.1, -0.05) is 12.1 Å². The van der Waals surface area contributed by atoms with Crippen molar-refractivity contribution in [3.63, 3.8) is 0 Å². The van der Waals surface area contributed by atoms with E-state index < -0.39 is 0 Å². The third-order valence-corrected chi connectivity index (χ3v) is 2.94. The van der Waals surface area contributed by atoms with Crippen LogP contribution in [0.5, 0.6) is 5.75 Å². The Hall–Kier alpha value is -1.55. The highest BCUT2D eigenvalue weighted by molar-refractivity contribution is 5.71. The molecule has 0 aliphatic carbocycles. The number of carbonyl (C=O) groups is 1. The topological polar surface area (TPSA) is 47.6 Å². The van der Waals surface area contributed by atoms with Gasteiger partial charge in [-0.3, -0.25) is 0 Å². The second-order valence-electron chi connectivity index (χ2n) is 4.47. The molecule has 1 aromatic carbocycles. The van der Waals surface area contributed by atoms with Crippen LogP contribution < -0.4 is 10.1 Å². The maximum atomic E-state index is 11.1. The van der Waals surface area contributed by atoms with E-state index in [1.807, 2.05) is 31.3 Å². The third-order valence-electron chi connectivity index (χ3n) is 2.94. The Balaban J connectivity index is 2.37. The van der Waals surface area contributed by atoms with Crippen LogP contribution in [0.3, 0.4) is 0 Å². The monoisotopic (exact) mass is 265 g/mol. The Kier molecular flexibility index (Phi) is 6.97. The minimum atomic E-state index is -0.338. The second-order valence-corrected chi connectivity index (χ2v) is 4.47. The summed E-state index contributed by atoms with van der Waals surface area (Å²) in [5, 5.41) is 3.22. The number of carbonyl (C=O) groups excluding carboxylic acids is 1. The van der Waals surface area contributed by atoms with E-state index >= 15 is 0 Å². The molecule has 0 amide bonds. The molecule has 19 heavy (non-hydrogen) atoms. The zero-order valence-electron chi connectivity index (χ0n) is 11.9. The molecule has 0 heterocycles. The van der Waals surface area contributed by atoms with Crippen LogP contribution in [0.25, 0.3) is 0 Å². The summed E-state index contributed by atoms with van der Waals surface area (Å²) in [5.74, 6) is 0.355. The fraction of sp³-hybridized carbons (Fsp3) is 0.533. The lowest BCUT2D eigenvalue weighted by Crippen LogP contribution is -2.21. The zero-order valence-corrected chi connectivity index (χ0v) is 11.9. The molecule has 106 valence electrons. The van der Waals surface area contributed by atoms with Crippen LogP contribution in [-0.4, -0.2) is 32.3 Å². The Morgan fingerprint density at radius 3 is 2.58 bits per heavy atom. The summed E-state index contributed by atoms with van der Waals surface area (Å²) in [6, 6.07) is 8.35. The van der Waals surface area contributed by atoms with Gasteiger partial charge >= 0.3 is 5.97 Å². The van der Waals surface area contributed by atoms with Crippen molar-refractivity contribution < 1.29 is 14.3 Å². The molecule has 0 aromatic heterocycles. The first-order chi connectivity index (χ1) is 9.15. The molecule has 0 radical (unpaired) electrons. The van der Waals surface area contributed by atoms with Gasteiger partial charge in [0.05, 0.1) is 6.61 Å². The van der Waals surface area contributed by atoms with Crippen LogP contribution in [0, 0.1) is 0 Å². The van der Waals surface area contributed by atoms with E-state index in [1.165, 1.54) is 5.56 Å². The highest BCUT2D eigenvalue weighted by Crippen LogP contribution is 2.14. The molecule has 1 atom stereocenters. The fourth-order valence-corrected chi connectivity index (χ4v) is 1.62. The van der Waals surface area contributed by atoms with Crippen molar-refractivity contribution in [2.75, 3.05) is 20.3 Å². The number of nitrogens with one attached hydrogen (secondary N) is 1. The first-order valence-corrected chi connectivity index (χ1v) is 6.70. The van der Waals surface area contributed by atoms with Crippen LogP contribution in [0.15, 0.2) is 24.3 Å². The van der Waals surface area contributed by atoms with Gasteiger partial charge in [-0.25, -0.2) is 4.79 Å². The van der Waals surface area contributed by atoms with E-state index in [9.17, 15) is 4.79 Å². The van der Waals surface area contributed by atoms with E-state index in [-0.39, 0.29) is 12.6 Å². The SMILES string of the molecule is CCOC(=O)COc1ccc(CCC(C)NC)cc1. The zero-order chi connectivity index (χ0) is 14.1. The van der Waals surface area contributed by atoms with Gasteiger partial charge in [0.25, 0.3) is 0 Å². The van der Waals surface area contributed by atoms with Gasteiger partial charge < -0.3 is 14.8 Å². The fourth-order valence-electron chi connectivity index (χ4n) is 1.62. The molecule has 1 aromatic rings. The average Bonchev–Trinajstić information content (AvgIpc) is 2.44. The predicted octanol–water partition coefficient (Wildman–Crippen LogP) is 2.17. The van der Waals surface area contributed by atoms with Crippen molar-refractivity contribution >= 4 is 5.97 Å². The largest absolute Gasteiger partial charge is 0.482 e. The maximum Gasteiger partial charge on any atom is 0.344 e. The Bertz CT molecular complexity index is 375. The molecule has 0 saturated heterocycles. The third kappa shape index (κ3) is 6.25. The molecule has 0 aliphatic heterocycles. The minimum Gasteiger partial charge on any atom is -0.482 e. The maximum absolute atomic E-state index is 11.1. The lowest BCUT2D eigenvalue weighted by Gasteiger charge is -2.10. The van der Waals surface area contributed by atoms with Crippen molar-refractivity contribution in [1.82, 2.24) is 5.32 Å². The molecule has 0 bridgehead atoms. The van der Waals surface area contributed by atoms with Crippen molar-refractivity contribution in [2.24, 2.45) is 0 Å². The predicted molar refractivity (Wildman–Crippen MR) is 75.4 cm³/mol. The van der Waals surface area contributed by atoms with E-state index in [0.29, 0.717) is 18.4 Å². The van der Waals surface area contributed by atoms with Crippen molar-refractivity contribution in [1.29, 1.82) is 0 Å². The number of esters is 1. The van der Waals surface area contributed by atoms with Crippen LogP contribution in [0.4, 0.5) is 0 Å². The minimum absolute atomic E-state index is 0.0377. The lowest BCUT2D eigenvalue weighted by atomic mass is 10.1. The summed E-state index contributed by atoms with van der Waals surface area (Å²) in [6.45, 7) is 4.28. The smallest absolute Gasteiger partial charge is 0.344 e. The Labute approximate surface area is 115 Å². The second kappa shape index (κ2) is 8.53. The number of rotatable bonds is 8. The molecule has 1 N–H and O–H groups in total. The molecule has 4 heteroatoms. The summed E-state index contributed by atoms with van der Waals surface area (Å²) < 4.78 is 10.1. The van der Waals surface area contributed by atoms with Crippen LogP contribution in [-0.2, 0) is 16.0 Å². The summed E-state index contributed by atoms with van der Waals surface area (Å²) >= 11 is 0. The molecule has 0 saturated carbocycles. The summed E-state index contributed by atoms with van der Waals surface area (Å²) in [4.78, 5) is 11.1. The first-order valence-electron chi connectivity index (χ1n) is 6.70. The van der Waals surface area contributed by atoms with Gasteiger partial charge in [0, 0.05) is 6.04 Å². The van der Waals surface area contributed by atoms with Gasteiger partial charge in [-0.05, 0) is 51.4 Å². The standard InChI is InChI=1S/C15H23NO3/c1-4-18-15(17)11-19-14-9-7-13(8-10-14)6-5-12(2)16-3/h7-10,12,16H,4-6,11H2,1-3H3. The van der Waals surface area contributed by atoms with Gasteiger partial charge in [0.1, 0.15) is 5.75 Å². The molecule has 1 rings (SSSR count). The van der Waals surface area contributed by atoms with Gasteiger partial charge in [-0.15, -0.1) is 0 Å². The van der Waals surface area contributed by atoms with E-state index in [2.05, 4.69) is 12.2 Å². The number of hydrogen-bond acceptors (Lipinski definition) is 4. The quantitative estimate of drug-likeness (QED) is 0.732. The number of hydrogen-bond donors (Lipinski definition) is 1. The van der Waals surface area contributed by atoms with Crippen molar-refractivity contribution in [3.05, 3.63) is 29.8 Å².